The Bertz CT molecular complexity index is 845. The monoisotopic (exact) mass is 393 g/mol. The first-order valence-corrected chi connectivity index (χ1v) is 8.49. The molecule has 2 aromatic carbocycles. The number of nitro groups is 1. The minimum absolute atomic E-state index is 0.00286. The maximum atomic E-state index is 12.4. The molecule has 0 aliphatic carbocycles. The van der Waals surface area contributed by atoms with Crippen LogP contribution in [-0.2, 0) is 0 Å². The van der Waals surface area contributed by atoms with Crippen molar-refractivity contribution in [1.29, 1.82) is 0 Å². The zero-order chi connectivity index (χ0) is 19.1. The van der Waals surface area contributed by atoms with Crippen LogP contribution in [0.3, 0.4) is 0 Å². The molecule has 0 atom stereocenters. The number of hydrogen-bond acceptors (Lipinski definition) is 5. The van der Waals surface area contributed by atoms with Gasteiger partial charge < -0.3 is 10.1 Å². The quantitative estimate of drug-likeness (QED) is 0.434. The number of thiocarbonyl (C=S) groups is 1. The summed E-state index contributed by atoms with van der Waals surface area (Å²) >= 11 is 10.9. The van der Waals surface area contributed by atoms with Crippen LogP contribution in [0.4, 0.5) is 11.4 Å². The van der Waals surface area contributed by atoms with Gasteiger partial charge in [-0.2, -0.15) is 0 Å². The van der Waals surface area contributed by atoms with E-state index in [4.69, 9.17) is 28.6 Å². The van der Waals surface area contributed by atoms with Crippen LogP contribution < -0.4 is 15.4 Å². The number of benzene rings is 2. The van der Waals surface area contributed by atoms with Crippen LogP contribution >= 0.6 is 23.8 Å². The lowest BCUT2D eigenvalue weighted by Crippen LogP contribution is -2.34. The highest BCUT2D eigenvalue weighted by Gasteiger charge is 2.16. The number of nitrogens with zero attached hydrogens (tertiary/aromatic N) is 1. The summed E-state index contributed by atoms with van der Waals surface area (Å²) in [6, 6.07) is 10.9. The van der Waals surface area contributed by atoms with Crippen LogP contribution in [0.15, 0.2) is 42.5 Å². The molecule has 1 amide bonds. The average Bonchev–Trinajstić information content (AvgIpc) is 2.61. The number of nitro benzene ring substituents is 1. The molecule has 0 aliphatic heterocycles. The zero-order valence-electron chi connectivity index (χ0n) is 13.8. The number of nitrogens with one attached hydrogen (secondary N) is 2. The van der Waals surface area contributed by atoms with E-state index in [9.17, 15) is 14.9 Å². The molecule has 0 unspecified atom stereocenters. The summed E-state index contributed by atoms with van der Waals surface area (Å²) in [5.41, 5.74) is 0.415. The first-order valence-electron chi connectivity index (χ1n) is 7.70. The molecule has 26 heavy (non-hydrogen) atoms. The predicted octanol–water partition coefficient (Wildman–Crippen LogP) is 4.16. The number of ether oxygens (including phenoxy) is 1. The Kier molecular flexibility index (Phi) is 6.88. The second-order valence-electron chi connectivity index (χ2n) is 5.18. The van der Waals surface area contributed by atoms with Gasteiger partial charge in [0.15, 0.2) is 5.11 Å². The maximum absolute atomic E-state index is 12.4. The molecule has 0 fully saturated rings. The van der Waals surface area contributed by atoms with E-state index in [2.05, 4.69) is 10.6 Å². The van der Waals surface area contributed by atoms with Crippen molar-refractivity contribution < 1.29 is 14.5 Å². The van der Waals surface area contributed by atoms with Crippen LogP contribution in [0.25, 0.3) is 0 Å². The Morgan fingerprint density at radius 3 is 2.73 bits per heavy atom. The molecule has 0 radical (unpaired) electrons. The number of carbonyl (C=O) groups excluding carboxylic acids is 1. The lowest BCUT2D eigenvalue weighted by molar-refractivity contribution is -0.384. The Balaban J connectivity index is 2.07. The largest absolute Gasteiger partial charge is 0.493 e. The van der Waals surface area contributed by atoms with E-state index in [0.717, 1.165) is 6.42 Å². The van der Waals surface area contributed by atoms with Gasteiger partial charge in [0.2, 0.25) is 0 Å². The molecular formula is C17H16ClN3O4S. The molecule has 2 rings (SSSR count). The van der Waals surface area contributed by atoms with Gasteiger partial charge in [0.25, 0.3) is 11.6 Å². The third kappa shape index (κ3) is 5.14. The third-order valence-electron chi connectivity index (χ3n) is 3.22. The standard InChI is InChI=1S/C17H16ClN3O4S/c1-2-9-25-15-6-4-3-5-12(15)16(22)20-17(26)19-11-7-8-13(18)14(10-11)21(23)24/h3-8,10H,2,9H2,1H3,(H2,19,20,22,26). The third-order valence-corrected chi connectivity index (χ3v) is 3.74. The fourth-order valence-corrected chi connectivity index (χ4v) is 2.45. The fourth-order valence-electron chi connectivity index (χ4n) is 2.06. The molecular weight excluding hydrogens is 378 g/mol. The minimum atomic E-state index is -0.601. The smallest absolute Gasteiger partial charge is 0.289 e. The van der Waals surface area contributed by atoms with Crippen LogP contribution in [0.5, 0.6) is 5.75 Å². The van der Waals surface area contributed by atoms with Crippen molar-refractivity contribution in [3.63, 3.8) is 0 Å². The number of carbonyl (C=O) groups is 1. The average molecular weight is 394 g/mol. The van der Waals surface area contributed by atoms with Crippen LogP contribution in [0.2, 0.25) is 5.02 Å². The summed E-state index contributed by atoms with van der Waals surface area (Å²) < 4.78 is 5.55. The van der Waals surface area contributed by atoms with Crippen LogP contribution in [0, 0.1) is 10.1 Å². The summed E-state index contributed by atoms with van der Waals surface area (Å²) in [6.07, 6.45) is 0.811. The van der Waals surface area contributed by atoms with Crippen molar-refractivity contribution in [3.05, 3.63) is 63.2 Å². The van der Waals surface area contributed by atoms with Crippen molar-refractivity contribution in [3.8, 4) is 5.75 Å². The minimum Gasteiger partial charge on any atom is -0.493 e. The molecule has 0 aromatic heterocycles. The fraction of sp³-hybridized carbons (Fsp3) is 0.176. The van der Waals surface area contributed by atoms with Crippen LogP contribution in [0.1, 0.15) is 23.7 Å². The normalized spacial score (nSPS) is 10.1. The summed E-state index contributed by atoms with van der Waals surface area (Å²) in [5, 5.41) is 16.2. The lowest BCUT2D eigenvalue weighted by atomic mass is 10.2. The molecule has 0 aliphatic rings. The molecule has 0 spiro atoms. The highest BCUT2D eigenvalue weighted by Crippen LogP contribution is 2.27. The number of hydrogen-bond donors (Lipinski definition) is 2. The van der Waals surface area contributed by atoms with Crippen molar-refractivity contribution in [2.75, 3.05) is 11.9 Å². The molecule has 2 N–H and O–H groups in total. The molecule has 9 heteroatoms. The van der Waals surface area contributed by atoms with E-state index in [0.29, 0.717) is 23.6 Å². The van der Waals surface area contributed by atoms with Gasteiger partial charge in [-0.05, 0) is 42.9 Å². The van der Waals surface area contributed by atoms with Gasteiger partial charge in [0, 0.05) is 11.8 Å². The van der Waals surface area contributed by atoms with Gasteiger partial charge in [0.05, 0.1) is 17.1 Å². The Morgan fingerprint density at radius 2 is 2.04 bits per heavy atom. The lowest BCUT2D eigenvalue weighted by Gasteiger charge is -2.12. The molecule has 0 saturated heterocycles. The van der Waals surface area contributed by atoms with E-state index < -0.39 is 10.8 Å². The second kappa shape index (κ2) is 9.12. The first-order chi connectivity index (χ1) is 12.4. The highest BCUT2D eigenvalue weighted by atomic mass is 35.5. The van der Waals surface area contributed by atoms with Crippen molar-refractivity contribution in [1.82, 2.24) is 5.32 Å². The van der Waals surface area contributed by atoms with E-state index in [-0.39, 0.29) is 15.8 Å². The van der Waals surface area contributed by atoms with Gasteiger partial charge in [0.1, 0.15) is 10.8 Å². The van der Waals surface area contributed by atoms with E-state index in [1.807, 2.05) is 6.92 Å². The number of para-hydroxylation sites is 1. The SMILES string of the molecule is CCCOc1ccccc1C(=O)NC(=S)Nc1ccc(Cl)c([N+](=O)[O-])c1. The van der Waals surface area contributed by atoms with E-state index >= 15 is 0 Å². The maximum Gasteiger partial charge on any atom is 0.289 e. The van der Waals surface area contributed by atoms with Gasteiger partial charge >= 0.3 is 0 Å². The van der Waals surface area contributed by atoms with Crippen molar-refractivity contribution in [2.24, 2.45) is 0 Å². The molecule has 7 nitrogen and oxygen atoms in total. The Hall–Kier alpha value is -2.71. The number of rotatable bonds is 6. The summed E-state index contributed by atoms with van der Waals surface area (Å²) in [4.78, 5) is 22.7. The Labute approximate surface area is 160 Å². The van der Waals surface area contributed by atoms with E-state index in [1.54, 1.807) is 24.3 Å². The molecule has 136 valence electrons. The van der Waals surface area contributed by atoms with E-state index in [1.165, 1.54) is 18.2 Å². The summed E-state index contributed by atoms with van der Waals surface area (Å²) in [5.74, 6) is 0.00875. The number of halogens is 1. The van der Waals surface area contributed by atoms with Gasteiger partial charge in [-0.1, -0.05) is 30.7 Å². The van der Waals surface area contributed by atoms with Crippen molar-refractivity contribution in [2.45, 2.75) is 13.3 Å². The molecule has 0 bridgehead atoms. The van der Waals surface area contributed by atoms with Gasteiger partial charge in [-0.3, -0.25) is 20.2 Å². The zero-order valence-corrected chi connectivity index (χ0v) is 15.4. The van der Waals surface area contributed by atoms with Crippen molar-refractivity contribution >= 4 is 46.2 Å². The molecule has 0 heterocycles. The molecule has 2 aromatic rings. The number of anilines is 1. The highest BCUT2D eigenvalue weighted by molar-refractivity contribution is 7.80. The summed E-state index contributed by atoms with van der Waals surface area (Å²) in [6.45, 7) is 2.45. The topological polar surface area (TPSA) is 93.5 Å². The molecule has 0 saturated carbocycles. The predicted molar refractivity (Wildman–Crippen MR) is 104 cm³/mol. The van der Waals surface area contributed by atoms with Crippen LogP contribution in [-0.4, -0.2) is 22.5 Å². The Morgan fingerprint density at radius 1 is 1.31 bits per heavy atom. The summed E-state index contributed by atoms with van der Waals surface area (Å²) in [7, 11) is 0. The van der Waals surface area contributed by atoms with Gasteiger partial charge in [-0.25, -0.2) is 0 Å². The number of amides is 1. The first kappa shape index (κ1) is 19.6. The van der Waals surface area contributed by atoms with Gasteiger partial charge in [-0.15, -0.1) is 0 Å². The second-order valence-corrected chi connectivity index (χ2v) is 5.99.